The molecule has 2 N–H and O–H groups in total. The Hall–Kier alpha value is -0.0400. The van der Waals surface area contributed by atoms with Gasteiger partial charge in [-0.05, 0) is 69.1 Å². The molecule has 0 amide bonds. The van der Waals surface area contributed by atoms with E-state index >= 15 is 0 Å². The van der Waals surface area contributed by atoms with E-state index in [0.717, 1.165) is 23.7 Å². The Labute approximate surface area is 81.1 Å². The van der Waals surface area contributed by atoms with Crippen LogP contribution < -0.4 is 5.73 Å². The summed E-state index contributed by atoms with van der Waals surface area (Å²) in [6, 6.07) is 0. The summed E-state index contributed by atoms with van der Waals surface area (Å²) >= 11 is 0. The fourth-order valence-electron chi connectivity index (χ4n) is 4.43. The lowest BCUT2D eigenvalue weighted by molar-refractivity contribution is 0.109. The molecule has 3 fully saturated rings. The van der Waals surface area contributed by atoms with Crippen LogP contribution in [0.25, 0.3) is 0 Å². The molecule has 0 aromatic heterocycles. The Morgan fingerprint density at radius 1 is 1.08 bits per heavy atom. The zero-order valence-electron chi connectivity index (χ0n) is 8.63. The number of hydrogen-bond donors (Lipinski definition) is 1. The van der Waals surface area contributed by atoms with Crippen LogP contribution in [0.5, 0.6) is 0 Å². The predicted molar refractivity (Wildman–Crippen MR) is 54.3 cm³/mol. The lowest BCUT2D eigenvalue weighted by Gasteiger charge is -2.42. The van der Waals surface area contributed by atoms with Crippen molar-refractivity contribution < 1.29 is 0 Å². The quantitative estimate of drug-likeness (QED) is 0.607. The van der Waals surface area contributed by atoms with Crippen molar-refractivity contribution in [2.45, 2.75) is 51.0 Å². The predicted octanol–water partition coefficient (Wildman–Crippen LogP) is 2.55. The number of nitrogens with two attached hydrogens (primary N) is 1. The van der Waals surface area contributed by atoms with Gasteiger partial charge in [0.1, 0.15) is 0 Å². The Bertz CT molecular complexity index is 221. The van der Waals surface area contributed by atoms with Gasteiger partial charge in [-0.25, -0.2) is 0 Å². The summed E-state index contributed by atoms with van der Waals surface area (Å²) in [6.07, 6.45) is 8.62. The minimum atomic E-state index is 0.172. The molecule has 3 aliphatic carbocycles. The Kier molecular flexibility index (Phi) is 1.59. The molecule has 0 spiro atoms. The van der Waals surface area contributed by atoms with Crippen LogP contribution in [0.4, 0.5) is 0 Å². The minimum Gasteiger partial charge on any atom is -0.325 e. The molecule has 0 radical (unpaired) electrons. The third kappa shape index (κ3) is 1.16. The van der Waals surface area contributed by atoms with E-state index in [4.69, 9.17) is 5.73 Å². The largest absolute Gasteiger partial charge is 0.325 e. The fourth-order valence-corrected chi connectivity index (χ4v) is 4.43. The van der Waals surface area contributed by atoms with Crippen molar-refractivity contribution in [1.29, 1.82) is 0 Å². The Balaban J connectivity index is 1.81. The average Bonchev–Trinajstić information content (AvgIpc) is 2.61. The van der Waals surface area contributed by atoms with E-state index < -0.39 is 0 Å². The molecular formula is C12H21N. The van der Waals surface area contributed by atoms with E-state index in [9.17, 15) is 0 Å². The lowest BCUT2D eigenvalue weighted by Crippen LogP contribution is -2.45. The molecule has 1 heteroatoms. The summed E-state index contributed by atoms with van der Waals surface area (Å²) in [5.74, 6) is 4.27. The first-order valence-electron chi connectivity index (χ1n) is 5.95. The molecule has 3 rings (SSSR count). The van der Waals surface area contributed by atoms with Gasteiger partial charge in [-0.2, -0.15) is 0 Å². The summed E-state index contributed by atoms with van der Waals surface area (Å²) in [7, 11) is 0. The summed E-state index contributed by atoms with van der Waals surface area (Å²) in [5, 5.41) is 0. The van der Waals surface area contributed by atoms with Gasteiger partial charge in [-0.3, -0.25) is 0 Å². The third-order valence-electron chi connectivity index (χ3n) is 5.03. The Morgan fingerprint density at radius 2 is 1.77 bits per heavy atom. The summed E-state index contributed by atoms with van der Waals surface area (Å²) in [5.41, 5.74) is 6.44. The minimum absolute atomic E-state index is 0.172. The van der Waals surface area contributed by atoms with Crippen LogP contribution in [0.1, 0.15) is 45.4 Å². The third-order valence-corrected chi connectivity index (χ3v) is 5.03. The van der Waals surface area contributed by atoms with Crippen LogP contribution in [0.15, 0.2) is 0 Å². The number of rotatable bonds is 0. The maximum absolute atomic E-state index is 6.27. The van der Waals surface area contributed by atoms with Gasteiger partial charge in [0.05, 0.1) is 0 Å². The van der Waals surface area contributed by atoms with Crippen molar-refractivity contribution in [2.75, 3.05) is 0 Å². The van der Waals surface area contributed by atoms with E-state index in [1.807, 2.05) is 0 Å². The van der Waals surface area contributed by atoms with Gasteiger partial charge < -0.3 is 5.73 Å². The zero-order valence-corrected chi connectivity index (χ0v) is 8.63. The molecule has 0 saturated heterocycles. The van der Waals surface area contributed by atoms with Gasteiger partial charge in [0.2, 0.25) is 0 Å². The smallest absolute Gasteiger partial charge is 0.0128 e. The number of hydrogen-bond acceptors (Lipinski definition) is 1. The molecule has 0 aliphatic heterocycles. The molecule has 74 valence electrons. The van der Waals surface area contributed by atoms with E-state index in [-0.39, 0.29) is 5.54 Å². The zero-order chi connectivity index (χ0) is 9.05. The van der Waals surface area contributed by atoms with Crippen molar-refractivity contribution in [2.24, 2.45) is 29.4 Å². The van der Waals surface area contributed by atoms with E-state index in [1.165, 1.54) is 32.1 Å². The first kappa shape index (κ1) is 8.28. The first-order chi connectivity index (χ1) is 6.16. The van der Waals surface area contributed by atoms with Gasteiger partial charge in [0.15, 0.2) is 0 Å². The SMILES string of the molecule is CC1(N)CCC2C3CCC(C3)C2C1. The second-order valence-corrected chi connectivity index (χ2v) is 6.06. The van der Waals surface area contributed by atoms with Crippen LogP contribution >= 0.6 is 0 Å². The molecule has 1 nitrogen and oxygen atoms in total. The maximum Gasteiger partial charge on any atom is 0.0128 e. The van der Waals surface area contributed by atoms with Gasteiger partial charge in [0, 0.05) is 5.54 Å². The van der Waals surface area contributed by atoms with Crippen LogP contribution in [0.3, 0.4) is 0 Å². The van der Waals surface area contributed by atoms with Crippen LogP contribution in [0, 0.1) is 23.7 Å². The highest BCUT2D eigenvalue weighted by molar-refractivity contribution is 5.03. The van der Waals surface area contributed by atoms with Crippen molar-refractivity contribution in [3.05, 3.63) is 0 Å². The highest BCUT2D eigenvalue weighted by atomic mass is 14.7. The van der Waals surface area contributed by atoms with Gasteiger partial charge in [-0.1, -0.05) is 0 Å². The van der Waals surface area contributed by atoms with Crippen LogP contribution in [-0.4, -0.2) is 5.54 Å². The molecule has 0 heterocycles. The average molecular weight is 179 g/mol. The van der Waals surface area contributed by atoms with Crippen molar-refractivity contribution in [3.8, 4) is 0 Å². The molecule has 5 atom stereocenters. The fraction of sp³-hybridized carbons (Fsp3) is 1.00. The van der Waals surface area contributed by atoms with E-state index in [2.05, 4.69) is 6.92 Å². The van der Waals surface area contributed by atoms with Crippen molar-refractivity contribution in [3.63, 3.8) is 0 Å². The molecule has 13 heavy (non-hydrogen) atoms. The second-order valence-electron chi connectivity index (χ2n) is 6.06. The molecule has 0 aromatic rings. The molecule has 5 unspecified atom stereocenters. The summed E-state index contributed by atoms with van der Waals surface area (Å²) in [4.78, 5) is 0. The maximum atomic E-state index is 6.27. The summed E-state index contributed by atoms with van der Waals surface area (Å²) in [6.45, 7) is 2.26. The van der Waals surface area contributed by atoms with Gasteiger partial charge in [0.25, 0.3) is 0 Å². The molecule has 3 saturated carbocycles. The highest BCUT2D eigenvalue weighted by Gasteiger charge is 2.50. The lowest BCUT2D eigenvalue weighted by atomic mass is 9.65. The molecule has 3 aliphatic rings. The Morgan fingerprint density at radius 3 is 2.54 bits per heavy atom. The van der Waals surface area contributed by atoms with Crippen LogP contribution in [0.2, 0.25) is 0 Å². The van der Waals surface area contributed by atoms with E-state index in [1.54, 1.807) is 6.42 Å². The number of fused-ring (bicyclic) bond motifs is 5. The molecule has 2 bridgehead atoms. The molecular weight excluding hydrogens is 158 g/mol. The van der Waals surface area contributed by atoms with Gasteiger partial charge in [-0.15, -0.1) is 0 Å². The second kappa shape index (κ2) is 2.50. The summed E-state index contributed by atoms with van der Waals surface area (Å²) < 4.78 is 0. The standard InChI is InChI=1S/C12H21N/c1-12(13)5-4-10-8-2-3-9(6-8)11(10)7-12/h8-11H,2-7,13H2,1H3. The van der Waals surface area contributed by atoms with Crippen molar-refractivity contribution in [1.82, 2.24) is 0 Å². The molecule has 0 aromatic carbocycles. The van der Waals surface area contributed by atoms with E-state index in [0.29, 0.717) is 0 Å². The van der Waals surface area contributed by atoms with Crippen LogP contribution in [-0.2, 0) is 0 Å². The topological polar surface area (TPSA) is 26.0 Å². The normalized spacial score (nSPS) is 59.5. The monoisotopic (exact) mass is 179 g/mol. The highest BCUT2D eigenvalue weighted by Crippen LogP contribution is 2.58. The van der Waals surface area contributed by atoms with Crippen molar-refractivity contribution >= 4 is 0 Å². The van der Waals surface area contributed by atoms with Gasteiger partial charge >= 0.3 is 0 Å². The first-order valence-corrected chi connectivity index (χ1v) is 5.95.